The fourth-order valence-corrected chi connectivity index (χ4v) is 4.76. The Morgan fingerprint density at radius 1 is 0.881 bits per heavy atom. The van der Waals surface area contributed by atoms with E-state index in [1.54, 1.807) is 6.08 Å². The highest BCUT2D eigenvalue weighted by Gasteiger charge is 2.27. The van der Waals surface area contributed by atoms with Crippen molar-refractivity contribution in [3.63, 3.8) is 0 Å². The molecule has 2 rings (SSSR count). The van der Waals surface area contributed by atoms with Crippen molar-refractivity contribution < 1.29 is 24.2 Å². The van der Waals surface area contributed by atoms with Gasteiger partial charge in [0.25, 0.3) is 0 Å². The zero-order valence-electron chi connectivity index (χ0n) is 25.2. The number of carbonyl (C=O) groups excluding carboxylic acids is 3. The first-order chi connectivity index (χ1) is 20.3. The molecule has 0 aliphatic rings. The molecule has 3 N–H and O–H groups in total. The highest BCUT2D eigenvalue weighted by atomic mass is 16.5. The highest BCUT2D eigenvalue weighted by Crippen LogP contribution is 2.19. The Bertz CT molecular complexity index is 1100. The van der Waals surface area contributed by atoms with E-state index in [0.717, 1.165) is 24.0 Å². The maximum absolute atomic E-state index is 13.3. The molecule has 0 spiro atoms. The molecule has 4 atom stereocenters. The van der Waals surface area contributed by atoms with Crippen LogP contribution < -0.4 is 10.6 Å². The summed E-state index contributed by atoms with van der Waals surface area (Å²) in [5.74, 6) is -1.82. The number of aliphatic hydroxyl groups excluding tert-OH is 1. The standard InChI is InChI=1S/C35H48N2O5/c1-5-7-10-20-30(21-27-16-11-8-12-17-27)35(41)42-25-32(26(3)4)37-34(40)29(15-6-2)23-33(39)36-31(24-38)22-28-18-13-9-14-19-28/h5-6,8-9,11-14,16-19,26,29-32,38H,1-2,7,10,15,20-25H2,3-4H3,(H,36,39)(H,37,40). The number of ether oxygens (including phenoxy) is 1. The smallest absolute Gasteiger partial charge is 0.309 e. The molecule has 2 aromatic carbocycles. The number of rotatable bonds is 20. The predicted molar refractivity (Wildman–Crippen MR) is 167 cm³/mol. The van der Waals surface area contributed by atoms with Gasteiger partial charge in [-0.1, -0.05) is 86.7 Å². The second kappa shape index (κ2) is 19.4. The highest BCUT2D eigenvalue weighted by molar-refractivity contribution is 5.86. The van der Waals surface area contributed by atoms with Crippen LogP contribution in [0.5, 0.6) is 0 Å². The van der Waals surface area contributed by atoms with Crippen molar-refractivity contribution in [1.29, 1.82) is 0 Å². The van der Waals surface area contributed by atoms with E-state index in [-0.39, 0.29) is 49.3 Å². The normalized spacial score (nSPS) is 13.8. The lowest BCUT2D eigenvalue weighted by Crippen LogP contribution is -2.47. The van der Waals surface area contributed by atoms with Crippen LogP contribution in [0.4, 0.5) is 0 Å². The number of esters is 1. The first-order valence-electron chi connectivity index (χ1n) is 14.9. The average molecular weight is 577 g/mol. The summed E-state index contributed by atoms with van der Waals surface area (Å²) in [5, 5.41) is 15.6. The van der Waals surface area contributed by atoms with Gasteiger partial charge in [-0.05, 0) is 55.6 Å². The number of unbranched alkanes of at least 4 members (excludes halogenated alkanes) is 1. The van der Waals surface area contributed by atoms with Crippen LogP contribution >= 0.6 is 0 Å². The second-order valence-corrected chi connectivity index (χ2v) is 11.2. The Balaban J connectivity index is 1.98. The minimum absolute atomic E-state index is 0.00191. The summed E-state index contributed by atoms with van der Waals surface area (Å²) >= 11 is 0. The summed E-state index contributed by atoms with van der Waals surface area (Å²) in [6.45, 7) is 11.3. The van der Waals surface area contributed by atoms with Gasteiger partial charge in [-0.25, -0.2) is 0 Å². The van der Waals surface area contributed by atoms with Crippen molar-refractivity contribution in [3.8, 4) is 0 Å². The summed E-state index contributed by atoms with van der Waals surface area (Å²) in [6, 6.07) is 18.6. The van der Waals surface area contributed by atoms with E-state index in [9.17, 15) is 19.5 Å². The summed E-state index contributed by atoms with van der Waals surface area (Å²) in [4.78, 5) is 39.3. The largest absolute Gasteiger partial charge is 0.463 e. The van der Waals surface area contributed by atoms with Crippen LogP contribution in [-0.4, -0.2) is 48.2 Å². The van der Waals surface area contributed by atoms with Gasteiger partial charge in [-0.3, -0.25) is 14.4 Å². The van der Waals surface area contributed by atoms with Crippen molar-refractivity contribution in [2.45, 2.75) is 70.9 Å². The molecule has 2 aromatic rings. The van der Waals surface area contributed by atoms with E-state index in [1.165, 1.54) is 0 Å². The number of hydrogen-bond acceptors (Lipinski definition) is 5. The van der Waals surface area contributed by atoms with Crippen molar-refractivity contribution in [1.82, 2.24) is 10.6 Å². The van der Waals surface area contributed by atoms with Gasteiger partial charge in [-0.2, -0.15) is 0 Å². The molecule has 228 valence electrons. The molecule has 0 fully saturated rings. The van der Waals surface area contributed by atoms with Gasteiger partial charge in [0, 0.05) is 6.42 Å². The number of aliphatic hydroxyl groups is 1. The maximum atomic E-state index is 13.3. The lowest BCUT2D eigenvalue weighted by atomic mass is 9.94. The number of benzene rings is 2. The van der Waals surface area contributed by atoms with Gasteiger partial charge in [0.05, 0.1) is 30.5 Å². The van der Waals surface area contributed by atoms with Crippen molar-refractivity contribution in [2.24, 2.45) is 17.8 Å². The van der Waals surface area contributed by atoms with Gasteiger partial charge in [0.15, 0.2) is 0 Å². The molecule has 0 saturated heterocycles. The molecule has 0 aliphatic carbocycles. The summed E-state index contributed by atoms with van der Waals surface area (Å²) in [5.41, 5.74) is 2.07. The third-order valence-corrected chi connectivity index (χ3v) is 7.32. The predicted octanol–water partition coefficient (Wildman–Crippen LogP) is 5.19. The zero-order chi connectivity index (χ0) is 30.7. The van der Waals surface area contributed by atoms with Crippen molar-refractivity contribution in [2.75, 3.05) is 13.2 Å². The fourth-order valence-electron chi connectivity index (χ4n) is 4.76. The van der Waals surface area contributed by atoms with E-state index in [2.05, 4.69) is 23.8 Å². The number of allylic oxidation sites excluding steroid dienone is 2. The third kappa shape index (κ3) is 12.9. The Morgan fingerprint density at radius 2 is 1.50 bits per heavy atom. The van der Waals surface area contributed by atoms with Crippen LogP contribution in [-0.2, 0) is 32.0 Å². The molecular formula is C35H48N2O5. The van der Waals surface area contributed by atoms with Crippen LogP contribution in [0, 0.1) is 17.8 Å². The maximum Gasteiger partial charge on any atom is 0.309 e. The lowest BCUT2D eigenvalue weighted by Gasteiger charge is -2.26. The van der Waals surface area contributed by atoms with Gasteiger partial charge in [0.1, 0.15) is 6.61 Å². The Kier molecular flexibility index (Phi) is 15.9. The van der Waals surface area contributed by atoms with Gasteiger partial charge in [0.2, 0.25) is 11.8 Å². The molecule has 0 radical (unpaired) electrons. The zero-order valence-corrected chi connectivity index (χ0v) is 25.2. The third-order valence-electron chi connectivity index (χ3n) is 7.32. The SMILES string of the molecule is C=CCCCC(Cc1ccccc1)C(=O)OCC(NC(=O)C(CC=C)CC(=O)NC(CO)Cc1ccccc1)C(C)C. The van der Waals surface area contributed by atoms with E-state index in [0.29, 0.717) is 25.7 Å². The van der Waals surface area contributed by atoms with Crippen LogP contribution in [0.1, 0.15) is 57.1 Å². The molecule has 7 heteroatoms. The number of nitrogens with one attached hydrogen (secondary N) is 2. The molecular weight excluding hydrogens is 528 g/mol. The molecule has 0 bridgehead atoms. The van der Waals surface area contributed by atoms with Crippen molar-refractivity contribution >= 4 is 17.8 Å². The minimum atomic E-state index is -0.639. The van der Waals surface area contributed by atoms with Crippen LogP contribution in [0.15, 0.2) is 86.0 Å². The van der Waals surface area contributed by atoms with E-state index in [4.69, 9.17) is 4.74 Å². The summed E-state index contributed by atoms with van der Waals surface area (Å²) in [7, 11) is 0. The molecule has 0 aliphatic heterocycles. The minimum Gasteiger partial charge on any atom is -0.463 e. The Morgan fingerprint density at radius 3 is 2.05 bits per heavy atom. The average Bonchev–Trinajstić information content (AvgIpc) is 2.98. The topological polar surface area (TPSA) is 105 Å². The molecule has 4 unspecified atom stereocenters. The van der Waals surface area contributed by atoms with Crippen LogP contribution in [0.2, 0.25) is 0 Å². The molecule has 42 heavy (non-hydrogen) atoms. The van der Waals surface area contributed by atoms with E-state index < -0.39 is 18.0 Å². The van der Waals surface area contributed by atoms with Gasteiger partial charge < -0.3 is 20.5 Å². The first-order valence-corrected chi connectivity index (χ1v) is 14.9. The number of carbonyl (C=O) groups is 3. The lowest BCUT2D eigenvalue weighted by molar-refractivity contribution is -0.150. The summed E-state index contributed by atoms with van der Waals surface area (Å²) < 4.78 is 5.77. The van der Waals surface area contributed by atoms with E-state index in [1.807, 2.05) is 80.6 Å². The van der Waals surface area contributed by atoms with E-state index >= 15 is 0 Å². The molecule has 2 amide bonds. The quantitative estimate of drug-likeness (QED) is 0.114. The number of amides is 2. The molecule has 0 saturated carbocycles. The molecule has 0 heterocycles. The monoisotopic (exact) mass is 576 g/mol. The molecule has 7 nitrogen and oxygen atoms in total. The van der Waals surface area contributed by atoms with Gasteiger partial charge in [-0.15, -0.1) is 13.2 Å². The summed E-state index contributed by atoms with van der Waals surface area (Å²) in [6.07, 6.45) is 7.17. The molecule has 0 aromatic heterocycles. The van der Waals surface area contributed by atoms with Crippen LogP contribution in [0.3, 0.4) is 0 Å². The van der Waals surface area contributed by atoms with Gasteiger partial charge >= 0.3 is 5.97 Å². The Hall–Kier alpha value is -3.71. The number of hydrogen-bond donors (Lipinski definition) is 3. The first kappa shape index (κ1) is 34.5. The Labute approximate surface area is 251 Å². The fraction of sp³-hybridized carbons (Fsp3) is 0.457. The van der Waals surface area contributed by atoms with Crippen molar-refractivity contribution in [3.05, 3.63) is 97.1 Å². The van der Waals surface area contributed by atoms with Crippen LogP contribution in [0.25, 0.3) is 0 Å². The second-order valence-electron chi connectivity index (χ2n) is 11.2.